The van der Waals surface area contributed by atoms with E-state index < -0.39 is 5.97 Å². The molecule has 0 spiro atoms. The summed E-state index contributed by atoms with van der Waals surface area (Å²) < 4.78 is 5.14. The first-order chi connectivity index (χ1) is 11.1. The highest BCUT2D eigenvalue weighted by Crippen LogP contribution is 2.19. The summed E-state index contributed by atoms with van der Waals surface area (Å²) in [6.45, 7) is 2.03. The van der Waals surface area contributed by atoms with Gasteiger partial charge in [-0.25, -0.2) is 9.79 Å². The Morgan fingerprint density at radius 1 is 1.04 bits per heavy atom. The van der Waals surface area contributed by atoms with Gasteiger partial charge in [0.2, 0.25) is 5.90 Å². The summed E-state index contributed by atoms with van der Waals surface area (Å²) in [4.78, 5) is 16.1. The van der Waals surface area contributed by atoms with Crippen molar-refractivity contribution in [3.05, 3.63) is 82.0 Å². The molecule has 4 heteroatoms. The molecule has 3 rings (SSSR count). The first kappa shape index (κ1) is 15.3. The maximum atomic E-state index is 11.9. The Labute approximate surface area is 139 Å². The molecule has 1 heterocycles. The van der Waals surface area contributed by atoms with E-state index in [0.717, 1.165) is 11.1 Å². The van der Waals surface area contributed by atoms with Crippen LogP contribution in [-0.2, 0) is 9.53 Å². The van der Waals surface area contributed by atoms with E-state index in [2.05, 4.69) is 4.99 Å². The fraction of sp³-hybridized carbons (Fsp3) is 0.0526. The van der Waals surface area contributed by atoms with E-state index in [9.17, 15) is 4.79 Å². The van der Waals surface area contributed by atoms with Crippen molar-refractivity contribution in [2.24, 2.45) is 4.99 Å². The molecule has 0 unspecified atom stereocenters. The van der Waals surface area contributed by atoms with Crippen molar-refractivity contribution in [1.82, 2.24) is 0 Å². The van der Waals surface area contributed by atoms with Crippen LogP contribution in [0, 0.1) is 6.92 Å². The van der Waals surface area contributed by atoms with Gasteiger partial charge < -0.3 is 4.74 Å². The van der Waals surface area contributed by atoms with Crippen molar-refractivity contribution in [3.8, 4) is 0 Å². The first-order valence-corrected chi connectivity index (χ1v) is 7.51. The molecule has 23 heavy (non-hydrogen) atoms. The van der Waals surface area contributed by atoms with Crippen LogP contribution in [0.3, 0.4) is 0 Å². The number of carbonyl (C=O) groups excluding carboxylic acids is 1. The number of hydrogen-bond donors (Lipinski definition) is 0. The Bertz CT molecular complexity index is 833. The second kappa shape index (κ2) is 6.63. The molecule has 0 radical (unpaired) electrons. The number of carbonyl (C=O) groups is 1. The molecule has 0 amide bonds. The molecule has 2 aromatic carbocycles. The van der Waals surface area contributed by atoms with Crippen LogP contribution in [0.5, 0.6) is 0 Å². The third-order valence-corrected chi connectivity index (χ3v) is 3.52. The second-order valence-corrected chi connectivity index (χ2v) is 5.60. The number of ether oxygens (including phenoxy) is 1. The van der Waals surface area contributed by atoms with Gasteiger partial charge in [0.1, 0.15) is 0 Å². The van der Waals surface area contributed by atoms with E-state index in [4.69, 9.17) is 16.3 Å². The summed E-state index contributed by atoms with van der Waals surface area (Å²) in [5.41, 5.74) is 3.27. The Hall–Kier alpha value is -2.65. The van der Waals surface area contributed by atoms with Gasteiger partial charge in [0, 0.05) is 11.1 Å². The average Bonchev–Trinajstić information content (AvgIpc) is 2.87. The van der Waals surface area contributed by atoms with Crippen LogP contribution in [0.2, 0.25) is 5.02 Å². The van der Waals surface area contributed by atoms with Gasteiger partial charge in [-0.05, 0) is 42.3 Å². The van der Waals surface area contributed by atoms with E-state index in [0.29, 0.717) is 5.02 Å². The zero-order valence-corrected chi connectivity index (χ0v) is 13.2. The number of rotatable bonds is 3. The monoisotopic (exact) mass is 323 g/mol. The van der Waals surface area contributed by atoms with Gasteiger partial charge in [-0.2, -0.15) is 0 Å². The third-order valence-electron chi connectivity index (χ3n) is 3.28. The second-order valence-electron chi connectivity index (χ2n) is 5.17. The molecule has 1 aliphatic rings. The lowest BCUT2D eigenvalue weighted by atomic mass is 10.1. The summed E-state index contributed by atoms with van der Waals surface area (Å²) in [5.74, 6) is -0.183. The van der Waals surface area contributed by atoms with Gasteiger partial charge in [0.15, 0.2) is 5.70 Å². The molecule has 3 nitrogen and oxygen atoms in total. The lowest BCUT2D eigenvalue weighted by Gasteiger charge is -1.95. The lowest BCUT2D eigenvalue weighted by Crippen LogP contribution is -2.01. The average molecular weight is 324 g/mol. The fourth-order valence-corrected chi connectivity index (χ4v) is 2.29. The van der Waals surface area contributed by atoms with Gasteiger partial charge in [0.25, 0.3) is 0 Å². The van der Waals surface area contributed by atoms with Crippen LogP contribution < -0.4 is 0 Å². The molecule has 0 aliphatic carbocycles. The highest BCUT2D eigenvalue weighted by atomic mass is 35.5. The molecular weight excluding hydrogens is 310 g/mol. The summed E-state index contributed by atoms with van der Waals surface area (Å²) >= 11 is 5.93. The zero-order valence-electron chi connectivity index (χ0n) is 12.5. The molecular formula is C19H14ClNO2. The van der Waals surface area contributed by atoms with Crippen LogP contribution in [0.15, 0.2) is 65.3 Å². The van der Waals surface area contributed by atoms with E-state index >= 15 is 0 Å². The van der Waals surface area contributed by atoms with Crippen LogP contribution in [-0.4, -0.2) is 11.9 Å². The Morgan fingerprint density at radius 3 is 2.57 bits per heavy atom. The molecule has 0 saturated carbocycles. The van der Waals surface area contributed by atoms with Crippen molar-refractivity contribution in [2.45, 2.75) is 6.92 Å². The molecule has 0 aromatic heterocycles. The number of nitrogens with zero attached hydrogens (tertiary/aromatic N) is 1. The molecule has 114 valence electrons. The normalized spacial score (nSPS) is 16.0. The zero-order chi connectivity index (χ0) is 16.2. The van der Waals surface area contributed by atoms with Crippen molar-refractivity contribution in [1.29, 1.82) is 0 Å². The highest BCUT2D eigenvalue weighted by Gasteiger charge is 2.21. The molecule has 0 fully saturated rings. The smallest absolute Gasteiger partial charge is 0.363 e. The summed E-state index contributed by atoms with van der Waals surface area (Å²) in [6, 6.07) is 15.2. The van der Waals surface area contributed by atoms with Crippen molar-refractivity contribution in [3.63, 3.8) is 0 Å². The van der Waals surface area contributed by atoms with Gasteiger partial charge in [0.05, 0.1) is 0 Å². The maximum absolute atomic E-state index is 11.9. The third kappa shape index (κ3) is 3.96. The van der Waals surface area contributed by atoms with E-state index in [1.165, 1.54) is 5.56 Å². The van der Waals surface area contributed by atoms with Crippen molar-refractivity contribution in [2.75, 3.05) is 0 Å². The van der Waals surface area contributed by atoms with Crippen molar-refractivity contribution >= 4 is 35.6 Å². The number of halogens is 1. The maximum Gasteiger partial charge on any atom is 0.363 e. The number of aryl methyl sites for hydroxylation is 1. The molecule has 2 aromatic rings. The minimum absolute atomic E-state index is 0.260. The van der Waals surface area contributed by atoms with Crippen LogP contribution in [0.25, 0.3) is 12.2 Å². The number of esters is 1. The van der Waals surface area contributed by atoms with Gasteiger partial charge in [-0.15, -0.1) is 0 Å². The molecule has 0 saturated heterocycles. The van der Waals surface area contributed by atoms with Gasteiger partial charge >= 0.3 is 5.97 Å². The topological polar surface area (TPSA) is 38.7 Å². The Balaban J connectivity index is 1.79. The standard InChI is InChI=1S/C19H14ClNO2/c1-13-5-7-14(8-6-13)9-10-18-21-17(19(22)23-18)12-15-3-2-4-16(20)11-15/h2-12H,1H3. The lowest BCUT2D eigenvalue weighted by molar-refractivity contribution is -0.129. The number of cyclic esters (lactones) is 1. The first-order valence-electron chi connectivity index (χ1n) is 7.13. The van der Waals surface area contributed by atoms with Gasteiger partial charge in [-0.3, -0.25) is 0 Å². The Morgan fingerprint density at radius 2 is 1.83 bits per heavy atom. The number of aliphatic imine (C=N–C) groups is 1. The Kier molecular flexibility index (Phi) is 4.40. The molecule has 0 atom stereocenters. The predicted octanol–water partition coefficient (Wildman–Crippen LogP) is 4.66. The molecule has 0 bridgehead atoms. The quantitative estimate of drug-likeness (QED) is 0.608. The highest BCUT2D eigenvalue weighted by molar-refractivity contribution is 6.30. The van der Waals surface area contributed by atoms with E-state index in [1.54, 1.807) is 24.3 Å². The minimum atomic E-state index is -0.464. The summed E-state index contributed by atoms with van der Waals surface area (Å²) in [7, 11) is 0. The fourth-order valence-electron chi connectivity index (χ4n) is 2.10. The largest absolute Gasteiger partial charge is 0.403 e. The predicted molar refractivity (Wildman–Crippen MR) is 93.2 cm³/mol. The van der Waals surface area contributed by atoms with E-state index in [-0.39, 0.29) is 11.6 Å². The van der Waals surface area contributed by atoms with Crippen LogP contribution >= 0.6 is 11.6 Å². The molecule has 1 aliphatic heterocycles. The van der Waals surface area contributed by atoms with Gasteiger partial charge in [-0.1, -0.05) is 53.6 Å². The number of hydrogen-bond acceptors (Lipinski definition) is 3. The van der Waals surface area contributed by atoms with Crippen LogP contribution in [0.1, 0.15) is 16.7 Å². The van der Waals surface area contributed by atoms with Crippen molar-refractivity contribution < 1.29 is 9.53 Å². The SMILES string of the molecule is Cc1ccc(C=CC2=NC(=Cc3cccc(Cl)c3)C(=O)O2)cc1. The minimum Gasteiger partial charge on any atom is -0.403 e. The van der Waals surface area contributed by atoms with Crippen LogP contribution in [0.4, 0.5) is 0 Å². The summed E-state index contributed by atoms with van der Waals surface area (Å²) in [6.07, 6.45) is 5.19. The molecule has 0 N–H and O–H groups in total. The number of benzene rings is 2. The van der Waals surface area contributed by atoms with E-state index in [1.807, 2.05) is 49.4 Å². The summed E-state index contributed by atoms with van der Waals surface area (Å²) in [5, 5.41) is 0.606.